The predicted molar refractivity (Wildman–Crippen MR) is 81.1 cm³/mol. The lowest BCUT2D eigenvalue weighted by Gasteiger charge is -2.23. The molecule has 4 rings (SSSR count). The number of amides is 1. The van der Waals surface area contributed by atoms with Crippen LogP contribution in [0.25, 0.3) is 11.3 Å². The van der Waals surface area contributed by atoms with Gasteiger partial charge < -0.3 is 5.73 Å². The molecule has 6 heteroatoms. The normalized spacial score (nSPS) is 18.3. The van der Waals surface area contributed by atoms with Gasteiger partial charge in [0, 0.05) is 12.1 Å². The summed E-state index contributed by atoms with van der Waals surface area (Å²) in [6.07, 6.45) is 4.31. The summed E-state index contributed by atoms with van der Waals surface area (Å²) in [6, 6.07) is 4.35. The van der Waals surface area contributed by atoms with Crippen LogP contribution < -0.4 is 5.73 Å². The molecule has 0 saturated heterocycles. The summed E-state index contributed by atoms with van der Waals surface area (Å²) in [7, 11) is 0. The van der Waals surface area contributed by atoms with Crippen molar-refractivity contribution in [1.29, 1.82) is 0 Å². The summed E-state index contributed by atoms with van der Waals surface area (Å²) < 4.78 is 15.3. The van der Waals surface area contributed by atoms with E-state index in [9.17, 15) is 9.18 Å². The maximum atomic E-state index is 13.4. The van der Waals surface area contributed by atoms with E-state index in [0.717, 1.165) is 25.1 Å². The van der Waals surface area contributed by atoms with Gasteiger partial charge in [0.05, 0.1) is 16.3 Å². The number of fused-ring (bicyclic) bond motifs is 1. The molecule has 1 spiro atoms. The average Bonchev–Trinajstić information content (AvgIpc) is 3.10. The van der Waals surface area contributed by atoms with E-state index in [1.54, 1.807) is 6.07 Å². The standard InChI is InChI=1S/C16H15ClFN3O/c17-10-7-9(1-2-11(10)18)14-13(15(19)22)12-3-4-16(5-6-16)8-21(12)20-14/h1-2,7H,3-6,8H2,(H2,19,22). The third-order valence-electron chi connectivity index (χ3n) is 4.83. The monoisotopic (exact) mass is 319 g/mol. The number of halogens is 2. The SMILES string of the molecule is NC(=O)c1c(-c2ccc(F)c(Cl)c2)nn2c1CCC1(CC1)C2. The molecule has 1 aromatic heterocycles. The van der Waals surface area contributed by atoms with Crippen molar-refractivity contribution in [3.63, 3.8) is 0 Å². The fraction of sp³-hybridized carbons (Fsp3) is 0.375. The predicted octanol–water partition coefficient (Wildman–Crippen LogP) is 3.17. The molecular formula is C16H15ClFN3O. The van der Waals surface area contributed by atoms with Gasteiger partial charge in [-0.05, 0) is 49.3 Å². The molecule has 1 fully saturated rings. The molecule has 2 aliphatic rings. The molecule has 1 aliphatic heterocycles. The van der Waals surface area contributed by atoms with Gasteiger partial charge in [0.1, 0.15) is 11.5 Å². The van der Waals surface area contributed by atoms with E-state index in [1.807, 2.05) is 4.68 Å². The van der Waals surface area contributed by atoms with Crippen molar-refractivity contribution < 1.29 is 9.18 Å². The number of benzene rings is 1. The third kappa shape index (κ3) is 2.03. The molecule has 1 aliphatic carbocycles. The minimum Gasteiger partial charge on any atom is -0.365 e. The fourth-order valence-corrected chi connectivity index (χ4v) is 3.53. The number of aromatic nitrogens is 2. The lowest BCUT2D eigenvalue weighted by atomic mass is 9.93. The van der Waals surface area contributed by atoms with Gasteiger partial charge in [-0.25, -0.2) is 4.39 Å². The Morgan fingerprint density at radius 2 is 2.14 bits per heavy atom. The molecule has 2 N–H and O–H groups in total. The van der Waals surface area contributed by atoms with E-state index in [0.29, 0.717) is 22.2 Å². The van der Waals surface area contributed by atoms with Crippen molar-refractivity contribution in [2.75, 3.05) is 0 Å². The maximum absolute atomic E-state index is 13.4. The van der Waals surface area contributed by atoms with Gasteiger partial charge in [-0.3, -0.25) is 9.48 Å². The topological polar surface area (TPSA) is 60.9 Å². The second kappa shape index (κ2) is 4.56. The number of hydrogen-bond acceptors (Lipinski definition) is 2. The second-order valence-electron chi connectivity index (χ2n) is 6.32. The largest absolute Gasteiger partial charge is 0.365 e. The summed E-state index contributed by atoms with van der Waals surface area (Å²) in [6.45, 7) is 0.831. The first-order valence-corrected chi connectivity index (χ1v) is 7.72. The van der Waals surface area contributed by atoms with E-state index >= 15 is 0 Å². The zero-order chi connectivity index (χ0) is 15.5. The molecule has 4 nitrogen and oxygen atoms in total. The summed E-state index contributed by atoms with van der Waals surface area (Å²) in [5.41, 5.74) is 8.39. The van der Waals surface area contributed by atoms with E-state index in [2.05, 4.69) is 5.10 Å². The minimum absolute atomic E-state index is 0.0116. The van der Waals surface area contributed by atoms with Crippen LogP contribution in [0.1, 0.15) is 35.3 Å². The highest BCUT2D eigenvalue weighted by molar-refractivity contribution is 6.31. The lowest BCUT2D eigenvalue weighted by molar-refractivity contribution is 0.0999. The first-order chi connectivity index (χ1) is 10.5. The van der Waals surface area contributed by atoms with E-state index in [4.69, 9.17) is 17.3 Å². The van der Waals surface area contributed by atoms with Crippen molar-refractivity contribution in [2.45, 2.75) is 32.2 Å². The Morgan fingerprint density at radius 1 is 1.36 bits per heavy atom. The molecule has 0 radical (unpaired) electrons. The molecule has 1 aromatic carbocycles. The Hall–Kier alpha value is -1.88. The van der Waals surface area contributed by atoms with Crippen LogP contribution in [-0.2, 0) is 13.0 Å². The Kier molecular flexibility index (Phi) is 2.85. The van der Waals surface area contributed by atoms with Crippen molar-refractivity contribution in [2.24, 2.45) is 11.1 Å². The lowest BCUT2D eigenvalue weighted by Crippen LogP contribution is -2.24. The third-order valence-corrected chi connectivity index (χ3v) is 5.12. The fourth-order valence-electron chi connectivity index (χ4n) is 3.35. The zero-order valence-corrected chi connectivity index (χ0v) is 12.7. The molecule has 1 saturated carbocycles. The van der Waals surface area contributed by atoms with Gasteiger partial charge in [0.2, 0.25) is 0 Å². The molecule has 0 atom stereocenters. The number of nitrogens with zero attached hydrogens (tertiary/aromatic N) is 2. The summed E-state index contributed by atoms with van der Waals surface area (Å²) in [5.74, 6) is -0.990. The van der Waals surface area contributed by atoms with Gasteiger partial charge in [-0.1, -0.05) is 11.6 Å². The molecular weight excluding hydrogens is 305 g/mol. The molecule has 22 heavy (non-hydrogen) atoms. The Morgan fingerprint density at radius 3 is 2.77 bits per heavy atom. The van der Waals surface area contributed by atoms with Gasteiger partial charge in [-0.15, -0.1) is 0 Å². The summed E-state index contributed by atoms with van der Waals surface area (Å²) in [5, 5.41) is 4.59. The van der Waals surface area contributed by atoms with Crippen molar-refractivity contribution in [3.05, 3.63) is 40.3 Å². The van der Waals surface area contributed by atoms with Crippen LogP contribution in [0.4, 0.5) is 4.39 Å². The highest BCUT2D eigenvalue weighted by Crippen LogP contribution is 2.53. The van der Waals surface area contributed by atoms with Gasteiger partial charge in [-0.2, -0.15) is 5.10 Å². The zero-order valence-electron chi connectivity index (χ0n) is 11.9. The van der Waals surface area contributed by atoms with Crippen molar-refractivity contribution >= 4 is 17.5 Å². The van der Waals surface area contributed by atoms with Crippen LogP contribution in [-0.4, -0.2) is 15.7 Å². The molecule has 2 heterocycles. The number of nitrogens with two attached hydrogens (primary N) is 1. The molecule has 0 unspecified atom stereocenters. The molecule has 1 amide bonds. The second-order valence-corrected chi connectivity index (χ2v) is 6.73. The van der Waals surface area contributed by atoms with Crippen LogP contribution >= 0.6 is 11.6 Å². The Bertz CT molecular complexity index is 795. The van der Waals surface area contributed by atoms with Crippen LogP contribution in [0.15, 0.2) is 18.2 Å². The van der Waals surface area contributed by atoms with Crippen LogP contribution in [0.3, 0.4) is 0 Å². The summed E-state index contributed by atoms with van der Waals surface area (Å²) in [4.78, 5) is 11.9. The van der Waals surface area contributed by atoms with Crippen LogP contribution in [0, 0.1) is 11.2 Å². The highest BCUT2D eigenvalue weighted by Gasteiger charge is 2.46. The van der Waals surface area contributed by atoms with Crippen molar-refractivity contribution in [3.8, 4) is 11.3 Å². The van der Waals surface area contributed by atoms with Crippen LogP contribution in [0.5, 0.6) is 0 Å². The number of carbonyl (C=O) groups excluding carboxylic acids is 1. The van der Waals surface area contributed by atoms with E-state index in [1.165, 1.54) is 25.0 Å². The van der Waals surface area contributed by atoms with E-state index < -0.39 is 11.7 Å². The number of primary amides is 1. The summed E-state index contributed by atoms with van der Waals surface area (Å²) >= 11 is 5.85. The average molecular weight is 320 g/mol. The van der Waals surface area contributed by atoms with Gasteiger partial charge in [0.25, 0.3) is 5.91 Å². The van der Waals surface area contributed by atoms with Gasteiger partial charge >= 0.3 is 0 Å². The molecule has 114 valence electrons. The first kappa shape index (κ1) is 13.8. The minimum atomic E-state index is -0.497. The smallest absolute Gasteiger partial charge is 0.252 e. The molecule has 2 aromatic rings. The maximum Gasteiger partial charge on any atom is 0.252 e. The number of carbonyl (C=O) groups is 1. The van der Waals surface area contributed by atoms with Crippen LogP contribution in [0.2, 0.25) is 5.02 Å². The van der Waals surface area contributed by atoms with Crippen molar-refractivity contribution in [1.82, 2.24) is 9.78 Å². The van der Waals surface area contributed by atoms with Gasteiger partial charge in [0.15, 0.2) is 0 Å². The Labute approximate surface area is 132 Å². The highest BCUT2D eigenvalue weighted by atomic mass is 35.5. The van der Waals surface area contributed by atoms with E-state index in [-0.39, 0.29) is 5.02 Å². The number of rotatable bonds is 2. The Balaban J connectivity index is 1.86. The first-order valence-electron chi connectivity index (χ1n) is 7.34. The number of hydrogen-bond donors (Lipinski definition) is 1. The quantitative estimate of drug-likeness (QED) is 0.924. The molecule has 0 bridgehead atoms.